The summed E-state index contributed by atoms with van der Waals surface area (Å²) in [7, 11) is 0. The van der Waals surface area contributed by atoms with Crippen molar-refractivity contribution in [2.24, 2.45) is 0 Å². The number of halogens is 3. The van der Waals surface area contributed by atoms with E-state index in [-0.39, 0.29) is 6.42 Å². The highest BCUT2D eigenvalue weighted by Gasteiger charge is 2.34. The molecule has 1 aromatic carbocycles. The second-order valence-corrected chi connectivity index (χ2v) is 3.37. The van der Waals surface area contributed by atoms with Crippen LogP contribution in [0.3, 0.4) is 0 Å². The SMILES string of the molecule is FC(F)(F)C1=Cc2ccccc2CC1. The van der Waals surface area contributed by atoms with Crippen LogP contribution in [-0.2, 0) is 6.42 Å². The maximum Gasteiger partial charge on any atom is 0.412 e. The summed E-state index contributed by atoms with van der Waals surface area (Å²) < 4.78 is 37.1. The predicted molar refractivity (Wildman–Crippen MR) is 48.8 cm³/mol. The van der Waals surface area contributed by atoms with Crippen molar-refractivity contribution in [2.75, 3.05) is 0 Å². The molecule has 0 bridgehead atoms. The molecule has 0 aromatic heterocycles. The largest absolute Gasteiger partial charge is 0.412 e. The van der Waals surface area contributed by atoms with Crippen molar-refractivity contribution in [1.82, 2.24) is 0 Å². The Bertz CT molecular complexity index is 374. The zero-order valence-electron chi connectivity index (χ0n) is 7.43. The van der Waals surface area contributed by atoms with Crippen molar-refractivity contribution < 1.29 is 13.2 Å². The number of rotatable bonds is 0. The fourth-order valence-electron chi connectivity index (χ4n) is 1.66. The molecule has 1 aromatic rings. The fraction of sp³-hybridized carbons (Fsp3) is 0.273. The molecule has 1 aliphatic carbocycles. The first kappa shape index (κ1) is 9.31. The van der Waals surface area contributed by atoms with Crippen molar-refractivity contribution >= 4 is 6.08 Å². The molecule has 0 amide bonds. The van der Waals surface area contributed by atoms with Crippen LogP contribution in [-0.4, -0.2) is 6.18 Å². The van der Waals surface area contributed by atoms with Crippen LogP contribution in [0, 0.1) is 0 Å². The van der Waals surface area contributed by atoms with Gasteiger partial charge in [0, 0.05) is 5.57 Å². The predicted octanol–water partition coefficient (Wildman–Crippen LogP) is 3.58. The fourth-order valence-corrected chi connectivity index (χ4v) is 1.66. The third-order valence-corrected chi connectivity index (χ3v) is 2.41. The Labute approximate surface area is 80.1 Å². The van der Waals surface area contributed by atoms with Crippen molar-refractivity contribution in [1.29, 1.82) is 0 Å². The van der Waals surface area contributed by atoms with Crippen LogP contribution in [0.15, 0.2) is 29.8 Å². The first-order chi connectivity index (χ1) is 6.57. The van der Waals surface area contributed by atoms with Gasteiger partial charge in [-0.3, -0.25) is 0 Å². The normalized spacial score (nSPS) is 16.1. The van der Waals surface area contributed by atoms with Crippen LogP contribution in [0.4, 0.5) is 13.2 Å². The summed E-state index contributed by atoms with van der Waals surface area (Å²) in [5.41, 5.74) is 1.28. The quantitative estimate of drug-likeness (QED) is 0.597. The Morgan fingerprint density at radius 3 is 2.43 bits per heavy atom. The molecule has 0 nitrogen and oxygen atoms in total. The lowest BCUT2D eigenvalue weighted by molar-refractivity contribution is -0.0931. The van der Waals surface area contributed by atoms with E-state index in [1.165, 1.54) is 6.08 Å². The topological polar surface area (TPSA) is 0 Å². The molecule has 0 spiro atoms. The lowest BCUT2D eigenvalue weighted by atomic mass is 9.92. The van der Waals surface area contributed by atoms with Crippen LogP contribution in [0.5, 0.6) is 0 Å². The van der Waals surface area contributed by atoms with E-state index >= 15 is 0 Å². The molecule has 14 heavy (non-hydrogen) atoms. The van der Waals surface area contributed by atoms with Gasteiger partial charge in [0.25, 0.3) is 0 Å². The summed E-state index contributed by atoms with van der Waals surface area (Å²) in [5.74, 6) is 0. The minimum absolute atomic E-state index is 0.0977. The lowest BCUT2D eigenvalue weighted by Crippen LogP contribution is -2.15. The third-order valence-electron chi connectivity index (χ3n) is 2.41. The first-order valence-electron chi connectivity index (χ1n) is 4.43. The average Bonchev–Trinajstić information content (AvgIpc) is 2.16. The molecule has 0 fully saturated rings. The monoisotopic (exact) mass is 198 g/mol. The van der Waals surface area contributed by atoms with E-state index in [4.69, 9.17) is 0 Å². The van der Waals surface area contributed by atoms with Crippen LogP contribution in [0.2, 0.25) is 0 Å². The molecule has 74 valence electrons. The van der Waals surface area contributed by atoms with Gasteiger partial charge < -0.3 is 0 Å². The van der Waals surface area contributed by atoms with E-state index < -0.39 is 11.7 Å². The molecule has 0 aliphatic heterocycles. The molecule has 2 rings (SSSR count). The van der Waals surface area contributed by atoms with Crippen LogP contribution < -0.4 is 0 Å². The smallest absolute Gasteiger partial charge is 0.166 e. The molecule has 0 saturated heterocycles. The molecular formula is C11H9F3. The highest BCUT2D eigenvalue weighted by Crippen LogP contribution is 2.34. The van der Waals surface area contributed by atoms with E-state index in [1.807, 2.05) is 12.1 Å². The van der Waals surface area contributed by atoms with Gasteiger partial charge in [-0.2, -0.15) is 13.2 Å². The van der Waals surface area contributed by atoms with Gasteiger partial charge in [-0.1, -0.05) is 24.3 Å². The molecule has 1 aliphatic rings. The first-order valence-corrected chi connectivity index (χ1v) is 4.43. The Balaban J connectivity index is 2.41. The highest BCUT2D eigenvalue weighted by molar-refractivity contribution is 5.60. The number of hydrogen-bond donors (Lipinski definition) is 0. The van der Waals surface area contributed by atoms with Gasteiger partial charge in [0.05, 0.1) is 0 Å². The van der Waals surface area contributed by atoms with E-state index in [0.717, 1.165) is 5.56 Å². The van der Waals surface area contributed by atoms with Gasteiger partial charge in [0.2, 0.25) is 0 Å². The molecule has 0 saturated carbocycles. The Morgan fingerprint density at radius 1 is 1.00 bits per heavy atom. The highest BCUT2D eigenvalue weighted by atomic mass is 19.4. The number of allylic oxidation sites excluding steroid dienone is 1. The van der Waals surface area contributed by atoms with Crippen molar-refractivity contribution in [2.45, 2.75) is 19.0 Å². The number of fused-ring (bicyclic) bond motifs is 1. The summed E-state index contributed by atoms with van der Waals surface area (Å²) in [6.45, 7) is 0. The van der Waals surface area contributed by atoms with Gasteiger partial charge in [0.15, 0.2) is 0 Å². The Morgan fingerprint density at radius 2 is 1.71 bits per heavy atom. The number of alkyl halides is 3. The van der Waals surface area contributed by atoms with Crippen LogP contribution in [0.1, 0.15) is 17.5 Å². The van der Waals surface area contributed by atoms with Crippen LogP contribution >= 0.6 is 0 Å². The minimum Gasteiger partial charge on any atom is -0.166 e. The zero-order valence-corrected chi connectivity index (χ0v) is 7.43. The standard InChI is InChI=1S/C11H9F3/c12-11(13,14)10-6-5-8-3-1-2-4-9(8)7-10/h1-4,7H,5-6H2. The van der Waals surface area contributed by atoms with Gasteiger partial charge in [-0.25, -0.2) is 0 Å². The van der Waals surface area contributed by atoms with Crippen molar-refractivity contribution in [3.05, 3.63) is 41.0 Å². The van der Waals surface area contributed by atoms with Crippen LogP contribution in [0.25, 0.3) is 6.08 Å². The molecule has 0 unspecified atom stereocenters. The third kappa shape index (κ3) is 1.67. The zero-order chi connectivity index (χ0) is 10.2. The summed E-state index contributed by atoms with van der Waals surface area (Å²) in [4.78, 5) is 0. The maximum atomic E-state index is 12.4. The molecule has 0 radical (unpaired) electrons. The van der Waals surface area contributed by atoms with Gasteiger partial charge in [-0.05, 0) is 30.0 Å². The van der Waals surface area contributed by atoms with Crippen molar-refractivity contribution in [3.63, 3.8) is 0 Å². The van der Waals surface area contributed by atoms with E-state index in [0.29, 0.717) is 12.0 Å². The van der Waals surface area contributed by atoms with Gasteiger partial charge in [0.1, 0.15) is 0 Å². The number of benzene rings is 1. The average molecular weight is 198 g/mol. The molecule has 0 atom stereocenters. The molecular weight excluding hydrogens is 189 g/mol. The molecule has 0 N–H and O–H groups in total. The summed E-state index contributed by atoms with van der Waals surface area (Å²) >= 11 is 0. The molecule has 3 heteroatoms. The number of aryl methyl sites for hydroxylation is 1. The van der Waals surface area contributed by atoms with E-state index in [1.54, 1.807) is 12.1 Å². The summed E-state index contributed by atoms with van der Waals surface area (Å²) in [6, 6.07) is 7.21. The summed E-state index contributed by atoms with van der Waals surface area (Å²) in [6.07, 6.45) is -2.34. The number of hydrogen-bond acceptors (Lipinski definition) is 0. The van der Waals surface area contributed by atoms with E-state index in [2.05, 4.69) is 0 Å². The minimum atomic E-state index is -4.17. The lowest BCUT2D eigenvalue weighted by Gasteiger charge is -2.18. The second kappa shape index (κ2) is 3.15. The Hall–Kier alpha value is -1.25. The molecule has 0 heterocycles. The van der Waals surface area contributed by atoms with Gasteiger partial charge in [-0.15, -0.1) is 0 Å². The van der Waals surface area contributed by atoms with Gasteiger partial charge >= 0.3 is 6.18 Å². The maximum absolute atomic E-state index is 12.4. The summed E-state index contributed by atoms with van der Waals surface area (Å²) in [5, 5.41) is 0. The Kier molecular flexibility index (Phi) is 2.10. The van der Waals surface area contributed by atoms with Crippen molar-refractivity contribution in [3.8, 4) is 0 Å². The second-order valence-electron chi connectivity index (χ2n) is 3.37. The van der Waals surface area contributed by atoms with E-state index in [9.17, 15) is 13.2 Å².